The summed E-state index contributed by atoms with van der Waals surface area (Å²) in [5.41, 5.74) is 1.02. The van der Waals surface area contributed by atoms with Gasteiger partial charge >= 0.3 is 5.97 Å². The largest absolute Gasteiger partial charge is 0.497 e. The average molecular weight is 291 g/mol. The van der Waals surface area contributed by atoms with Gasteiger partial charge in [-0.25, -0.2) is 4.39 Å². The molecule has 0 unspecified atom stereocenters. The first kappa shape index (κ1) is 13.0. The van der Waals surface area contributed by atoms with Gasteiger partial charge in [-0.15, -0.1) is 0 Å². The predicted molar refractivity (Wildman–Crippen MR) is 61.3 cm³/mol. The van der Waals surface area contributed by atoms with Gasteiger partial charge < -0.3 is 9.47 Å². The van der Waals surface area contributed by atoms with E-state index >= 15 is 0 Å². The van der Waals surface area contributed by atoms with E-state index in [1.807, 2.05) is 0 Å². The van der Waals surface area contributed by atoms with Crippen LogP contribution in [-0.4, -0.2) is 20.2 Å². The number of carbonyl (C=O) groups is 1. The van der Waals surface area contributed by atoms with Crippen LogP contribution in [0.2, 0.25) is 0 Å². The molecule has 0 atom stereocenters. The van der Waals surface area contributed by atoms with E-state index in [-0.39, 0.29) is 6.42 Å². The molecule has 3 nitrogen and oxygen atoms in total. The van der Waals surface area contributed by atoms with Crippen molar-refractivity contribution in [3.05, 3.63) is 29.1 Å². The lowest BCUT2D eigenvalue weighted by Gasteiger charge is -2.10. The van der Waals surface area contributed by atoms with E-state index in [4.69, 9.17) is 4.74 Å². The molecule has 5 heteroatoms. The lowest BCUT2D eigenvalue weighted by molar-refractivity contribution is -0.139. The lowest BCUT2D eigenvalue weighted by atomic mass is 10.0. The number of hydrogen-bond donors (Lipinski definition) is 0. The summed E-state index contributed by atoms with van der Waals surface area (Å²) in [5.74, 6) is -0.494. The van der Waals surface area contributed by atoms with Gasteiger partial charge in [-0.05, 0) is 11.6 Å². The third-order valence-corrected chi connectivity index (χ3v) is 2.79. The molecule has 0 heterocycles. The van der Waals surface area contributed by atoms with Gasteiger partial charge in [-0.1, -0.05) is 15.9 Å². The molecule has 0 spiro atoms. The highest BCUT2D eigenvalue weighted by Gasteiger charge is 2.14. The van der Waals surface area contributed by atoms with Crippen molar-refractivity contribution in [1.29, 1.82) is 0 Å². The van der Waals surface area contributed by atoms with Gasteiger partial charge in [-0.2, -0.15) is 0 Å². The number of rotatable bonds is 4. The van der Waals surface area contributed by atoms with Crippen molar-refractivity contribution in [1.82, 2.24) is 0 Å². The van der Waals surface area contributed by atoms with E-state index in [0.717, 1.165) is 0 Å². The van der Waals surface area contributed by atoms with Crippen molar-refractivity contribution < 1.29 is 18.7 Å². The van der Waals surface area contributed by atoms with Crippen LogP contribution in [0.15, 0.2) is 12.1 Å². The van der Waals surface area contributed by atoms with Crippen LogP contribution in [0, 0.1) is 5.82 Å². The highest BCUT2D eigenvalue weighted by atomic mass is 79.9. The van der Waals surface area contributed by atoms with Gasteiger partial charge in [0.05, 0.1) is 20.6 Å². The molecule has 0 aliphatic rings. The van der Waals surface area contributed by atoms with E-state index < -0.39 is 11.8 Å². The van der Waals surface area contributed by atoms with E-state index in [1.165, 1.54) is 20.3 Å². The minimum Gasteiger partial charge on any atom is -0.497 e. The maximum atomic E-state index is 13.7. The number of ether oxygens (including phenoxy) is 2. The molecule has 16 heavy (non-hydrogen) atoms. The zero-order valence-electron chi connectivity index (χ0n) is 9.05. The Hall–Kier alpha value is -1.10. The zero-order chi connectivity index (χ0) is 12.1. The molecule has 0 fully saturated rings. The molecular weight excluding hydrogens is 279 g/mol. The highest BCUT2D eigenvalue weighted by Crippen LogP contribution is 2.24. The highest BCUT2D eigenvalue weighted by molar-refractivity contribution is 9.08. The number of alkyl halides is 1. The molecule has 0 aromatic heterocycles. The number of esters is 1. The second-order valence-corrected chi connectivity index (χ2v) is 3.69. The van der Waals surface area contributed by atoms with E-state index in [1.54, 1.807) is 6.07 Å². The van der Waals surface area contributed by atoms with Crippen LogP contribution in [0.25, 0.3) is 0 Å². The molecule has 0 aliphatic heterocycles. The fourth-order valence-corrected chi connectivity index (χ4v) is 1.82. The molecular formula is C11H12BrFO3. The smallest absolute Gasteiger partial charge is 0.310 e. The molecule has 0 aliphatic carbocycles. The average Bonchev–Trinajstić information content (AvgIpc) is 2.30. The Bertz CT molecular complexity index is 393. The van der Waals surface area contributed by atoms with Gasteiger partial charge in [0.15, 0.2) is 0 Å². The quantitative estimate of drug-likeness (QED) is 0.631. The molecule has 88 valence electrons. The SMILES string of the molecule is COC(=O)Cc1c(F)cc(OC)cc1CBr. The number of halogens is 2. The van der Waals surface area contributed by atoms with Crippen molar-refractivity contribution >= 4 is 21.9 Å². The first-order valence-corrected chi connectivity index (χ1v) is 5.72. The molecule has 0 saturated heterocycles. The Morgan fingerprint density at radius 1 is 1.44 bits per heavy atom. The minimum absolute atomic E-state index is 0.0761. The van der Waals surface area contributed by atoms with Crippen LogP contribution in [0.4, 0.5) is 4.39 Å². The van der Waals surface area contributed by atoms with Crippen LogP contribution in [0.1, 0.15) is 11.1 Å². The van der Waals surface area contributed by atoms with Crippen LogP contribution < -0.4 is 4.74 Å². The molecule has 1 aromatic rings. The Balaban J connectivity index is 3.11. The number of carbonyl (C=O) groups excluding carboxylic acids is 1. The first-order valence-electron chi connectivity index (χ1n) is 4.60. The Kier molecular flexibility index (Phi) is 4.73. The fourth-order valence-electron chi connectivity index (χ4n) is 1.32. The zero-order valence-corrected chi connectivity index (χ0v) is 10.6. The third-order valence-electron chi connectivity index (χ3n) is 2.19. The summed E-state index contributed by atoms with van der Waals surface area (Å²) in [4.78, 5) is 11.1. The van der Waals surface area contributed by atoms with Crippen molar-refractivity contribution in [3.8, 4) is 5.75 Å². The Morgan fingerprint density at radius 2 is 2.12 bits per heavy atom. The van der Waals surface area contributed by atoms with Crippen LogP contribution in [0.5, 0.6) is 5.75 Å². The van der Waals surface area contributed by atoms with Crippen molar-refractivity contribution in [2.75, 3.05) is 14.2 Å². The van der Waals surface area contributed by atoms with E-state index in [0.29, 0.717) is 22.2 Å². The number of methoxy groups -OCH3 is 2. The molecule has 0 N–H and O–H groups in total. The topological polar surface area (TPSA) is 35.5 Å². The van der Waals surface area contributed by atoms with Crippen LogP contribution in [0.3, 0.4) is 0 Å². The monoisotopic (exact) mass is 290 g/mol. The van der Waals surface area contributed by atoms with Crippen LogP contribution in [-0.2, 0) is 21.3 Å². The molecule has 0 saturated carbocycles. The number of benzene rings is 1. The third kappa shape index (κ3) is 2.95. The fraction of sp³-hybridized carbons (Fsp3) is 0.364. The van der Waals surface area contributed by atoms with Gasteiger partial charge in [-0.3, -0.25) is 4.79 Å². The van der Waals surface area contributed by atoms with Crippen molar-refractivity contribution in [3.63, 3.8) is 0 Å². The second-order valence-electron chi connectivity index (χ2n) is 3.13. The summed E-state index contributed by atoms with van der Waals surface area (Å²) in [7, 11) is 2.74. The molecule has 0 amide bonds. The van der Waals surface area contributed by atoms with Gasteiger partial charge in [0, 0.05) is 17.0 Å². The van der Waals surface area contributed by atoms with E-state index in [9.17, 15) is 9.18 Å². The second kappa shape index (κ2) is 5.84. The van der Waals surface area contributed by atoms with Crippen molar-refractivity contribution in [2.24, 2.45) is 0 Å². The maximum Gasteiger partial charge on any atom is 0.310 e. The van der Waals surface area contributed by atoms with Gasteiger partial charge in [0.2, 0.25) is 0 Å². The van der Waals surface area contributed by atoms with Gasteiger partial charge in [0.25, 0.3) is 0 Å². The number of hydrogen-bond acceptors (Lipinski definition) is 3. The normalized spacial score (nSPS) is 10.0. The molecule has 0 bridgehead atoms. The summed E-state index contributed by atoms with van der Waals surface area (Å²) in [6, 6.07) is 2.94. The van der Waals surface area contributed by atoms with Gasteiger partial charge in [0.1, 0.15) is 11.6 Å². The summed E-state index contributed by atoms with van der Waals surface area (Å²) >= 11 is 3.24. The lowest BCUT2D eigenvalue weighted by Crippen LogP contribution is -2.08. The minimum atomic E-state index is -0.466. The summed E-state index contributed by atoms with van der Waals surface area (Å²) < 4.78 is 23.1. The van der Waals surface area contributed by atoms with Crippen LogP contribution >= 0.6 is 15.9 Å². The summed E-state index contributed by atoms with van der Waals surface area (Å²) in [6.07, 6.45) is -0.0761. The standard InChI is InChI=1S/C11H12BrFO3/c1-15-8-3-7(6-12)9(10(13)4-8)5-11(14)16-2/h3-4H,5-6H2,1-2H3. The summed E-state index contributed by atoms with van der Waals surface area (Å²) in [6.45, 7) is 0. The Morgan fingerprint density at radius 3 is 2.62 bits per heavy atom. The Labute approximate surface area is 102 Å². The molecule has 1 aromatic carbocycles. The maximum absolute atomic E-state index is 13.7. The van der Waals surface area contributed by atoms with Crippen molar-refractivity contribution in [2.45, 2.75) is 11.8 Å². The first-order chi connectivity index (χ1) is 7.62. The summed E-state index contributed by atoms with van der Waals surface area (Å²) in [5, 5.41) is 0.452. The predicted octanol–water partition coefficient (Wildman–Crippen LogP) is 2.44. The molecule has 1 rings (SSSR count). The van der Waals surface area contributed by atoms with E-state index in [2.05, 4.69) is 20.7 Å². The molecule has 0 radical (unpaired) electrons.